The fraction of sp³-hybridized carbons (Fsp3) is 0.0833. The van der Waals surface area contributed by atoms with Crippen LogP contribution in [0.5, 0.6) is 0 Å². The van der Waals surface area contributed by atoms with Crippen molar-refractivity contribution in [1.29, 1.82) is 0 Å². The van der Waals surface area contributed by atoms with E-state index in [9.17, 15) is 0 Å². The Morgan fingerprint density at radius 1 is 1.17 bits per heavy atom. The van der Waals surface area contributed by atoms with E-state index in [-0.39, 0.29) is 0 Å². The number of rotatable bonds is 2. The van der Waals surface area contributed by atoms with Gasteiger partial charge in [-0.25, -0.2) is 9.50 Å². The van der Waals surface area contributed by atoms with Crippen LogP contribution in [0, 0.1) is 0 Å². The molecular weight excluding hydrogens is 294 g/mol. The Hall–Kier alpha value is -1.79. The monoisotopic (exact) mass is 303 g/mol. The lowest BCUT2D eigenvalue weighted by Gasteiger charge is -2.00. The number of fused-ring (bicyclic) bond motifs is 1. The molecule has 5 nitrogen and oxygen atoms in total. The second kappa shape index (κ2) is 4.47. The minimum absolute atomic E-state index is 0.378. The van der Waals surface area contributed by atoms with Gasteiger partial charge in [-0.1, -0.05) is 6.07 Å². The summed E-state index contributed by atoms with van der Waals surface area (Å²) in [5, 5.41) is 4.50. The number of halogens is 1. The Bertz CT molecular complexity index is 692. The molecule has 0 aliphatic rings. The van der Waals surface area contributed by atoms with Crippen molar-refractivity contribution in [3.05, 3.63) is 46.8 Å². The van der Waals surface area contributed by atoms with Gasteiger partial charge in [-0.2, -0.15) is 5.10 Å². The van der Waals surface area contributed by atoms with Gasteiger partial charge in [0.2, 0.25) is 0 Å². The zero-order valence-electron chi connectivity index (χ0n) is 9.42. The number of aromatic nitrogens is 4. The summed E-state index contributed by atoms with van der Waals surface area (Å²) in [5.74, 6) is 0. The molecule has 0 saturated heterocycles. The maximum Gasteiger partial charge on any atom is 0.155 e. The summed E-state index contributed by atoms with van der Waals surface area (Å²) >= 11 is 3.46. The summed E-state index contributed by atoms with van der Waals surface area (Å²) in [6.45, 7) is 0.378. The summed E-state index contributed by atoms with van der Waals surface area (Å²) in [6.07, 6.45) is 1.75. The number of hydrogen-bond donors (Lipinski definition) is 1. The van der Waals surface area contributed by atoms with Gasteiger partial charge >= 0.3 is 0 Å². The molecule has 0 atom stereocenters. The van der Waals surface area contributed by atoms with Crippen molar-refractivity contribution in [3.63, 3.8) is 0 Å². The molecule has 2 N–H and O–H groups in total. The molecule has 0 aromatic carbocycles. The third-order valence-electron chi connectivity index (χ3n) is 2.61. The fourth-order valence-electron chi connectivity index (χ4n) is 1.73. The molecule has 3 aromatic rings. The topological polar surface area (TPSA) is 69.1 Å². The average molecular weight is 304 g/mol. The molecule has 6 heteroatoms. The van der Waals surface area contributed by atoms with E-state index in [2.05, 4.69) is 31.0 Å². The highest BCUT2D eigenvalue weighted by Gasteiger charge is 2.10. The second-order valence-corrected chi connectivity index (χ2v) is 4.51. The van der Waals surface area contributed by atoms with Crippen molar-refractivity contribution in [2.75, 3.05) is 0 Å². The van der Waals surface area contributed by atoms with Crippen LogP contribution in [0.4, 0.5) is 0 Å². The van der Waals surface area contributed by atoms with Crippen LogP contribution in [0.3, 0.4) is 0 Å². The second-order valence-electron chi connectivity index (χ2n) is 3.76. The summed E-state index contributed by atoms with van der Waals surface area (Å²) in [6, 6.07) is 9.53. The van der Waals surface area contributed by atoms with E-state index in [4.69, 9.17) is 5.73 Å². The van der Waals surface area contributed by atoms with Crippen LogP contribution in [0.15, 0.2) is 41.1 Å². The third-order valence-corrected chi connectivity index (χ3v) is 3.40. The Morgan fingerprint density at radius 3 is 2.78 bits per heavy atom. The van der Waals surface area contributed by atoms with Crippen molar-refractivity contribution in [1.82, 2.24) is 19.6 Å². The SMILES string of the molecule is NCc1nc2ccc(-c3ccccn3)nn2c1Br. The van der Waals surface area contributed by atoms with Crippen LogP contribution in [0.2, 0.25) is 0 Å². The maximum atomic E-state index is 5.62. The lowest BCUT2D eigenvalue weighted by Crippen LogP contribution is -1.98. The van der Waals surface area contributed by atoms with E-state index in [0.717, 1.165) is 27.3 Å². The van der Waals surface area contributed by atoms with E-state index in [1.54, 1.807) is 10.7 Å². The van der Waals surface area contributed by atoms with Crippen LogP contribution in [-0.2, 0) is 6.54 Å². The summed E-state index contributed by atoms with van der Waals surface area (Å²) in [7, 11) is 0. The van der Waals surface area contributed by atoms with E-state index in [1.807, 2.05) is 30.3 Å². The summed E-state index contributed by atoms with van der Waals surface area (Å²) in [4.78, 5) is 8.65. The number of nitrogens with two attached hydrogens (primary N) is 1. The van der Waals surface area contributed by atoms with Crippen LogP contribution >= 0.6 is 15.9 Å². The zero-order valence-corrected chi connectivity index (χ0v) is 11.0. The van der Waals surface area contributed by atoms with Crippen molar-refractivity contribution in [2.24, 2.45) is 5.73 Å². The van der Waals surface area contributed by atoms with Gasteiger partial charge in [-0.05, 0) is 40.2 Å². The number of imidazole rings is 1. The first-order chi connectivity index (χ1) is 8.79. The molecule has 0 fully saturated rings. The van der Waals surface area contributed by atoms with Gasteiger partial charge in [-0.15, -0.1) is 0 Å². The molecule has 0 amide bonds. The predicted molar refractivity (Wildman–Crippen MR) is 71.8 cm³/mol. The van der Waals surface area contributed by atoms with Crippen molar-refractivity contribution < 1.29 is 0 Å². The first kappa shape index (κ1) is 11.3. The van der Waals surface area contributed by atoms with Crippen molar-refractivity contribution >= 4 is 21.6 Å². The maximum absolute atomic E-state index is 5.62. The molecule has 3 heterocycles. The van der Waals surface area contributed by atoms with E-state index < -0.39 is 0 Å². The standard InChI is InChI=1S/C12H10BrN5/c13-12-10(7-14)16-11-5-4-9(17-18(11)12)8-3-1-2-6-15-8/h1-6H,7,14H2. The molecule has 18 heavy (non-hydrogen) atoms. The highest BCUT2D eigenvalue weighted by atomic mass is 79.9. The molecule has 3 rings (SSSR count). The van der Waals surface area contributed by atoms with Gasteiger partial charge in [0.25, 0.3) is 0 Å². The molecule has 0 aliphatic heterocycles. The van der Waals surface area contributed by atoms with Gasteiger partial charge < -0.3 is 5.73 Å². The van der Waals surface area contributed by atoms with Gasteiger partial charge in [0.15, 0.2) is 5.65 Å². The van der Waals surface area contributed by atoms with Crippen LogP contribution in [0.1, 0.15) is 5.69 Å². The van der Waals surface area contributed by atoms with Crippen LogP contribution < -0.4 is 5.73 Å². The van der Waals surface area contributed by atoms with Crippen molar-refractivity contribution in [2.45, 2.75) is 6.54 Å². The Kier molecular flexibility index (Phi) is 2.81. The summed E-state index contributed by atoms with van der Waals surface area (Å²) < 4.78 is 2.52. The molecule has 0 radical (unpaired) electrons. The molecule has 90 valence electrons. The Balaban J connectivity index is 2.19. The van der Waals surface area contributed by atoms with E-state index in [1.165, 1.54) is 0 Å². The first-order valence-corrected chi connectivity index (χ1v) is 6.24. The molecule has 0 unspecified atom stereocenters. The first-order valence-electron chi connectivity index (χ1n) is 5.45. The van der Waals surface area contributed by atoms with Gasteiger partial charge in [-0.3, -0.25) is 4.98 Å². The lowest BCUT2D eigenvalue weighted by molar-refractivity contribution is 0.905. The predicted octanol–water partition coefficient (Wildman–Crippen LogP) is 2.01. The molecule has 3 aromatic heterocycles. The average Bonchev–Trinajstić information content (AvgIpc) is 2.76. The summed E-state index contributed by atoms with van der Waals surface area (Å²) in [5.41, 5.74) is 8.80. The molecule has 0 aliphatic carbocycles. The highest BCUT2D eigenvalue weighted by molar-refractivity contribution is 9.10. The lowest BCUT2D eigenvalue weighted by atomic mass is 10.2. The number of pyridine rings is 1. The zero-order chi connectivity index (χ0) is 12.5. The van der Waals surface area contributed by atoms with E-state index >= 15 is 0 Å². The molecule has 0 spiro atoms. The fourth-order valence-corrected chi connectivity index (χ4v) is 2.24. The molecule has 0 bridgehead atoms. The largest absolute Gasteiger partial charge is 0.325 e. The third kappa shape index (κ3) is 1.79. The smallest absolute Gasteiger partial charge is 0.155 e. The Labute approximate surface area is 112 Å². The van der Waals surface area contributed by atoms with Gasteiger partial charge in [0.1, 0.15) is 10.3 Å². The van der Waals surface area contributed by atoms with Gasteiger partial charge in [0, 0.05) is 12.7 Å². The number of hydrogen-bond acceptors (Lipinski definition) is 4. The quantitative estimate of drug-likeness (QED) is 0.786. The number of nitrogens with zero attached hydrogens (tertiary/aromatic N) is 4. The van der Waals surface area contributed by atoms with Crippen LogP contribution in [-0.4, -0.2) is 19.6 Å². The molecule has 0 saturated carbocycles. The normalized spacial score (nSPS) is 11.0. The molecular formula is C12H10BrN5. The minimum atomic E-state index is 0.378. The highest BCUT2D eigenvalue weighted by Crippen LogP contribution is 2.20. The van der Waals surface area contributed by atoms with Crippen molar-refractivity contribution in [3.8, 4) is 11.4 Å². The Morgan fingerprint density at radius 2 is 2.06 bits per heavy atom. The van der Waals surface area contributed by atoms with Gasteiger partial charge in [0.05, 0.1) is 11.4 Å². The minimum Gasteiger partial charge on any atom is -0.325 e. The van der Waals surface area contributed by atoms with Crippen LogP contribution in [0.25, 0.3) is 17.0 Å². The van der Waals surface area contributed by atoms with E-state index in [0.29, 0.717) is 6.54 Å².